The van der Waals surface area contributed by atoms with Crippen LogP contribution < -0.4 is 5.73 Å². The zero-order chi connectivity index (χ0) is 9.30. The van der Waals surface area contributed by atoms with Gasteiger partial charge in [-0.05, 0) is 31.5 Å². The van der Waals surface area contributed by atoms with Gasteiger partial charge in [0.2, 0.25) is 0 Å². The summed E-state index contributed by atoms with van der Waals surface area (Å²) in [5, 5.41) is 7.27. The second-order valence-corrected chi connectivity index (χ2v) is 2.84. The molecule has 0 spiro atoms. The highest BCUT2D eigenvalue weighted by atomic mass is 19.1. The van der Waals surface area contributed by atoms with E-state index in [2.05, 4.69) is 0 Å². The number of aryl methyl sites for hydroxylation is 1. The van der Waals surface area contributed by atoms with Gasteiger partial charge in [-0.1, -0.05) is 0 Å². The Morgan fingerprint density at radius 3 is 2.50 bits per heavy atom. The second kappa shape index (κ2) is 2.93. The van der Waals surface area contributed by atoms with Crippen LogP contribution in [-0.2, 0) is 0 Å². The van der Waals surface area contributed by atoms with Crippen LogP contribution in [0.4, 0.5) is 10.1 Å². The van der Waals surface area contributed by atoms with E-state index in [0.29, 0.717) is 5.69 Å². The maximum absolute atomic E-state index is 13.1. The molecule has 64 valence electrons. The zero-order valence-electron chi connectivity index (χ0n) is 7.11. The summed E-state index contributed by atoms with van der Waals surface area (Å²) in [6.07, 6.45) is 0. The molecule has 0 saturated heterocycles. The molecule has 0 heterocycles. The number of hydrogen-bond donors (Lipinski definition) is 2. The van der Waals surface area contributed by atoms with E-state index in [9.17, 15) is 4.39 Å². The Labute approximate surface area is 70.7 Å². The van der Waals surface area contributed by atoms with Crippen molar-refractivity contribution in [1.82, 2.24) is 0 Å². The molecule has 12 heavy (non-hydrogen) atoms. The van der Waals surface area contributed by atoms with Gasteiger partial charge in [-0.2, -0.15) is 0 Å². The molecule has 1 aromatic carbocycles. The summed E-state index contributed by atoms with van der Waals surface area (Å²) in [6.45, 7) is 3.28. The van der Waals surface area contributed by atoms with Crippen molar-refractivity contribution >= 4 is 11.4 Å². The summed E-state index contributed by atoms with van der Waals surface area (Å²) in [5.74, 6) is -0.417. The van der Waals surface area contributed by atoms with Gasteiger partial charge in [0.25, 0.3) is 0 Å². The van der Waals surface area contributed by atoms with E-state index in [1.54, 1.807) is 13.0 Å². The highest BCUT2D eigenvalue weighted by Crippen LogP contribution is 2.18. The first-order chi connectivity index (χ1) is 5.52. The lowest BCUT2D eigenvalue weighted by Crippen LogP contribution is -2.03. The molecule has 0 saturated carbocycles. The van der Waals surface area contributed by atoms with Crippen LogP contribution in [0.3, 0.4) is 0 Å². The van der Waals surface area contributed by atoms with Crippen LogP contribution >= 0.6 is 0 Å². The first-order valence-electron chi connectivity index (χ1n) is 3.63. The average molecular weight is 166 g/mol. The van der Waals surface area contributed by atoms with Gasteiger partial charge in [0.1, 0.15) is 5.82 Å². The van der Waals surface area contributed by atoms with Crippen molar-refractivity contribution in [1.29, 1.82) is 5.41 Å². The number of halogens is 1. The standard InChI is InChI=1S/C9H11FN2/c1-5-3-7(10)9(6(2)11)8(12)4-5/h3-4,11H,12H2,1-2H3. The highest BCUT2D eigenvalue weighted by molar-refractivity contribution is 6.01. The third kappa shape index (κ3) is 1.44. The van der Waals surface area contributed by atoms with Crippen LogP contribution in [0.5, 0.6) is 0 Å². The summed E-state index contributed by atoms with van der Waals surface area (Å²) < 4.78 is 13.1. The number of nitrogen functional groups attached to an aromatic ring is 1. The fourth-order valence-corrected chi connectivity index (χ4v) is 1.16. The van der Waals surface area contributed by atoms with Crippen LogP contribution in [0.15, 0.2) is 12.1 Å². The van der Waals surface area contributed by atoms with Crippen LogP contribution in [-0.4, -0.2) is 5.71 Å². The van der Waals surface area contributed by atoms with E-state index in [-0.39, 0.29) is 11.3 Å². The van der Waals surface area contributed by atoms with E-state index in [0.717, 1.165) is 5.56 Å². The quantitative estimate of drug-likeness (QED) is 0.487. The molecule has 0 aliphatic rings. The lowest BCUT2D eigenvalue weighted by Gasteiger charge is -2.05. The Kier molecular flexibility index (Phi) is 2.13. The Balaban J connectivity index is 3.38. The van der Waals surface area contributed by atoms with Crippen LogP contribution in [0.25, 0.3) is 0 Å². The van der Waals surface area contributed by atoms with Gasteiger partial charge in [-0.3, -0.25) is 0 Å². The Morgan fingerprint density at radius 1 is 1.50 bits per heavy atom. The molecule has 0 amide bonds. The molecule has 2 nitrogen and oxygen atoms in total. The molecule has 0 aliphatic carbocycles. The van der Waals surface area contributed by atoms with E-state index in [1.165, 1.54) is 13.0 Å². The molecule has 1 rings (SSSR count). The van der Waals surface area contributed by atoms with Gasteiger partial charge < -0.3 is 11.1 Å². The molecular weight excluding hydrogens is 155 g/mol. The van der Waals surface area contributed by atoms with E-state index >= 15 is 0 Å². The number of nitrogens with two attached hydrogens (primary N) is 1. The Hall–Kier alpha value is -1.38. The first-order valence-corrected chi connectivity index (χ1v) is 3.63. The van der Waals surface area contributed by atoms with Crippen LogP contribution in [0, 0.1) is 18.2 Å². The summed E-state index contributed by atoms with van der Waals surface area (Å²) in [5.41, 5.74) is 7.02. The Morgan fingerprint density at radius 2 is 2.08 bits per heavy atom. The Bertz CT molecular complexity index is 308. The SMILES string of the molecule is CC(=N)c1c(N)cc(C)cc1F. The van der Waals surface area contributed by atoms with Crippen molar-refractivity contribution in [2.24, 2.45) is 0 Å². The predicted octanol–water partition coefficient (Wildman–Crippen LogP) is 2.10. The lowest BCUT2D eigenvalue weighted by atomic mass is 10.1. The average Bonchev–Trinajstić information content (AvgIpc) is 1.82. The predicted molar refractivity (Wildman–Crippen MR) is 48.1 cm³/mol. The third-order valence-electron chi connectivity index (χ3n) is 1.64. The summed E-state index contributed by atoms with van der Waals surface area (Å²) in [4.78, 5) is 0. The highest BCUT2D eigenvalue weighted by Gasteiger charge is 2.08. The van der Waals surface area contributed by atoms with Crippen molar-refractivity contribution in [3.63, 3.8) is 0 Å². The largest absolute Gasteiger partial charge is 0.398 e. The minimum absolute atomic E-state index is 0.157. The summed E-state index contributed by atoms with van der Waals surface area (Å²) in [7, 11) is 0. The van der Waals surface area contributed by atoms with Gasteiger partial charge in [0.05, 0.1) is 5.56 Å². The van der Waals surface area contributed by atoms with Gasteiger partial charge >= 0.3 is 0 Å². The summed E-state index contributed by atoms with van der Waals surface area (Å²) >= 11 is 0. The van der Waals surface area contributed by atoms with E-state index in [4.69, 9.17) is 11.1 Å². The molecule has 0 fully saturated rings. The molecule has 0 radical (unpaired) electrons. The molecule has 0 aliphatic heterocycles. The number of benzene rings is 1. The first kappa shape index (κ1) is 8.71. The molecule has 0 unspecified atom stereocenters. The smallest absolute Gasteiger partial charge is 0.134 e. The number of nitrogens with one attached hydrogen (secondary N) is 1. The fourth-order valence-electron chi connectivity index (χ4n) is 1.16. The molecule has 0 aromatic heterocycles. The molecule has 3 heteroatoms. The number of hydrogen-bond acceptors (Lipinski definition) is 2. The number of anilines is 1. The summed E-state index contributed by atoms with van der Waals surface area (Å²) in [6, 6.07) is 3.04. The van der Waals surface area contributed by atoms with Gasteiger partial charge in [-0.15, -0.1) is 0 Å². The van der Waals surface area contributed by atoms with Crippen LogP contribution in [0.2, 0.25) is 0 Å². The van der Waals surface area contributed by atoms with Crippen molar-refractivity contribution in [3.8, 4) is 0 Å². The van der Waals surface area contributed by atoms with E-state index in [1.807, 2.05) is 0 Å². The molecular formula is C9H11FN2. The number of rotatable bonds is 1. The lowest BCUT2D eigenvalue weighted by molar-refractivity contribution is 0.624. The second-order valence-electron chi connectivity index (χ2n) is 2.84. The monoisotopic (exact) mass is 166 g/mol. The van der Waals surface area contributed by atoms with Crippen molar-refractivity contribution in [3.05, 3.63) is 29.1 Å². The maximum atomic E-state index is 13.1. The van der Waals surface area contributed by atoms with Crippen molar-refractivity contribution in [2.45, 2.75) is 13.8 Å². The minimum Gasteiger partial charge on any atom is -0.398 e. The molecule has 1 aromatic rings. The third-order valence-corrected chi connectivity index (χ3v) is 1.64. The van der Waals surface area contributed by atoms with Gasteiger partial charge in [-0.25, -0.2) is 4.39 Å². The molecule has 0 bridgehead atoms. The molecule has 3 N–H and O–H groups in total. The maximum Gasteiger partial charge on any atom is 0.134 e. The molecule has 0 atom stereocenters. The van der Waals surface area contributed by atoms with Gasteiger partial charge in [0.15, 0.2) is 0 Å². The van der Waals surface area contributed by atoms with Crippen molar-refractivity contribution < 1.29 is 4.39 Å². The van der Waals surface area contributed by atoms with Crippen molar-refractivity contribution in [2.75, 3.05) is 5.73 Å². The normalized spacial score (nSPS) is 9.92. The van der Waals surface area contributed by atoms with Crippen LogP contribution in [0.1, 0.15) is 18.1 Å². The fraction of sp³-hybridized carbons (Fsp3) is 0.222. The van der Waals surface area contributed by atoms with Gasteiger partial charge in [0, 0.05) is 11.4 Å². The topological polar surface area (TPSA) is 49.9 Å². The zero-order valence-corrected chi connectivity index (χ0v) is 7.11. The minimum atomic E-state index is -0.417. The van der Waals surface area contributed by atoms with E-state index < -0.39 is 5.82 Å².